The molecule has 0 fully saturated rings. The lowest BCUT2D eigenvalue weighted by Crippen LogP contribution is -2.30. The molecule has 1 aromatic heterocycles. The molecule has 0 unspecified atom stereocenters. The molecule has 2 rings (SSSR count). The average molecular weight is 257 g/mol. The van der Waals surface area contributed by atoms with Crippen LogP contribution in [0.3, 0.4) is 0 Å². The lowest BCUT2D eigenvalue weighted by atomic mass is 10.2. The molecule has 0 N–H and O–H groups in total. The summed E-state index contributed by atoms with van der Waals surface area (Å²) in [7, 11) is 1.85. The van der Waals surface area contributed by atoms with Gasteiger partial charge in [-0.05, 0) is 25.5 Å². The number of aryl methyl sites for hydroxylation is 2. The van der Waals surface area contributed by atoms with E-state index < -0.39 is 0 Å². The average Bonchev–Trinajstić information content (AvgIpc) is 2.76. The normalized spacial score (nSPS) is 10.5. The molecule has 0 radical (unpaired) electrons. The number of rotatable bonds is 4. The topological polar surface area (TPSA) is 38.1 Å². The maximum absolute atomic E-state index is 12.4. The highest BCUT2D eigenvalue weighted by molar-refractivity contribution is 5.92. The van der Waals surface area contributed by atoms with Crippen molar-refractivity contribution in [2.75, 3.05) is 6.54 Å². The highest BCUT2D eigenvalue weighted by Gasteiger charge is 2.17. The molecule has 4 nitrogen and oxygen atoms in total. The van der Waals surface area contributed by atoms with E-state index in [4.69, 9.17) is 0 Å². The van der Waals surface area contributed by atoms with Crippen molar-refractivity contribution < 1.29 is 4.79 Å². The van der Waals surface area contributed by atoms with Crippen molar-refractivity contribution in [2.24, 2.45) is 7.05 Å². The molecule has 0 aliphatic heterocycles. The van der Waals surface area contributed by atoms with Gasteiger partial charge in [-0.1, -0.05) is 30.3 Å². The molecule has 1 heterocycles. The molecule has 100 valence electrons. The summed E-state index contributed by atoms with van der Waals surface area (Å²) in [5, 5.41) is 4.25. The van der Waals surface area contributed by atoms with Crippen LogP contribution in [-0.2, 0) is 13.6 Å². The van der Waals surface area contributed by atoms with Crippen molar-refractivity contribution in [1.82, 2.24) is 14.7 Å². The van der Waals surface area contributed by atoms with Gasteiger partial charge in [0.2, 0.25) is 0 Å². The first-order valence-electron chi connectivity index (χ1n) is 6.45. The van der Waals surface area contributed by atoms with E-state index in [0.29, 0.717) is 18.8 Å². The molecule has 1 amide bonds. The predicted molar refractivity (Wildman–Crippen MR) is 74.8 cm³/mol. The van der Waals surface area contributed by atoms with Gasteiger partial charge in [-0.2, -0.15) is 5.10 Å². The maximum atomic E-state index is 12.4. The molecular weight excluding hydrogens is 238 g/mol. The van der Waals surface area contributed by atoms with Gasteiger partial charge in [0.15, 0.2) is 5.69 Å². The van der Waals surface area contributed by atoms with E-state index in [-0.39, 0.29) is 5.91 Å². The number of benzene rings is 1. The van der Waals surface area contributed by atoms with Crippen LogP contribution in [0.25, 0.3) is 0 Å². The van der Waals surface area contributed by atoms with Crippen LogP contribution in [0.1, 0.15) is 28.7 Å². The molecule has 0 bridgehead atoms. The van der Waals surface area contributed by atoms with Crippen LogP contribution in [0.4, 0.5) is 0 Å². The predicted octanol–water partition coefficient (Wildman–Crippen LogP) is 2.39. The van der Waals surface area contributed by atoms with Gasteiger partial charge in [0.05, 0.1) is 0 Å². The Bertz CT molecular complexity index is 541. The molecular formula is C15H19N3O. The van der Waals surface area contributed by atoms with E-state index in [0.717, 1.165) is 11.3 Å². The molecule has 19 heavy (non-hydrogen) atoms. The Kier molecular flexibility index (Phi) is 4.00. The van der Waals surface area contributed by atoms with Crippen LogP contribution in [-0.4, -0.2) is 27.1 Å². The Morgan fingerprint density at radius 3 is 2.53 bits per heavy atom. The van der Waals surface area contributed by atoms with Gasteiger partial charge in [-0.3, -0.25) is 9.48 Å². The summed E-state index contributed by atoms with van der Waals surface area (Å²) in [6.07, 6.45) is 0. The first kappa shape index (κ1) is 13.3. The summed E-state index contributed by atoms with van der Waals surface area (Å²) in [6, 6.07) is 11.8. The summed E-state index contributed by atoms with van der Waals surface area (Å²) < 4.78 is 1.73. The van der Waals surface area contributed by atoms with Crippen molar-refractivity contribution in [3.8, 4) is 0 Å². The van der Waals surface area contributed by atoms with Crippen molar-refractivity contribution in [3.63, 3.8) is 0 Å². The first-order valence-corrected chi connectivity index (χ1v) is 6.45. The number of nitrogens with zero attached hydrogens (tertiary/aromatic N) is 3. The summed E-state index contributed by atoms with van der Waals surface area (Å²) in [5.41, 5.74) is 2.63. The third-order valence-corrected chi connectivity index (χ3v) is 3.22. The van der Waals surface area contributed by atoms with Crippen molar-refractivity contribution in [3.05, 3.63) is 53.3 Å². The Balaban J connectivity index is 2.15. The molecule has 4 heteroatoms. The molecule has 0 spiro atoms. The highest BCUT2D eigenvalue weighted by atomic mass is 16.2. The van der Waals surface area contributed by atoms with Gasteiger partial charge >= 0.3 is 0 Å². The van der Waals surface area contributed by atoms with Crippen LogP contribution >= 0.6 is 0 Å². The van der Waals surface area contributed by atoms with Crippen molar-refractivity contribution in [1.29, 1.82) is 0 Å². The molecule has 0 saturated heterocycles. The second-order valence-electron chi connectivity index (χ2n) is 4.60. The lowest BCUT2D eigenvalue weighted by Gasteiger charge is -2.19. The van der Waals surface area contributed by atoms with E-state index in [1.165, 1.54) is 0 Å². The fraction of sp³-hybridized carbons (Fsp3) is 0.333. The SMILES string of the molecule is CCN(Cc1ccccc1)C(=O)c1cc(C)n(C)n1. The Hall–Kier alpha value is -2.10. The zero-order valence-corrected chi connectivity index (χ0v) is 11.6. The zero-order valence-electron chi connectivity index (χ0n) is 11.6. The summed E-state index contributed by atoms with van der Waals surface area (Å²) in [4.78, 5) is 14.2. The fourth-order valence-electron chi connectivity index (χ4n) is 1.96. The van der Waals surface area contributed by atoms with E-state index >= 15 is 0 Å². The fourth-order valence-corrected chi connectivity index (χ4v) is 1.96. The van der Waals surface area contributed by atoms with Gasteiger partial charge < -0.3 is 4.90 Å². The van der Waals surface area contributed by atoms with E-state index in [9.17, 15) is 4.79 Å². The second-order valence-corrected chi connectivity index (χ2v) is 4.60. The second kappa shape index (κ2) is 5.69. The minimum absolute atomic E-state index is 0.0185. The van der Waals surface area contributed by atoms with Crippen LogP contribution < -0.4 is 0 Å². The minimum atomic E-state index is -0.0185. The van der Waals surface area contributed by atoms with E-state index in [1.54, 1.807) is 9.58 Å². The van der Waals surface area contributed by atoms with Gasteiger partial charge in [0.25, 0.3) is 5.91 Å². The van der Waals surface area contributed by atoms with Crippen LogP contribution in [0.2, 0.25) is 0 Å². The maximum Gasteiger partial charge on any atom is 0.274 e. The number of aromatic nitrogens is 2. The molecule has 1 aromatic carbocycles. The summed E-state index contributed by atoms with van der Waals surface area (Å²) >= 11 is 0. The zero-order chi connectivity index (χ0) is 13.8. The number of hydrogen-bond acceptors (Lipinski definition) is 2. The van der Waals surface area contributed by atoms with Gasteiger partial charge in [-0.25, -0.2) is 0 Å². The molecule has 0 aliphatic carbocycles. The Morgan fingerprint density at radius 1 is 1.32 bits per heavy atom. The monoisotopic (exact) mass is 257 g/mol. The lowest BCUT2D eigenvalue weighted by molar-refractivity contribution is 0.0746. The minimum Gasteiger partial charge on any atom is -0.333 e. The van der Waals surface area contributed by atoms with Crippen LogP contribution in [0, 0.1) is 6.92 Å². The van der Waals surface area contributed by atoms with Crippen LogP contribution in [0.5, 0.6) is 0 Å². The molecule has 0 atom stereocenters. The number of hydrogen-bond donors (Lipinski definition) is 0. The van der Waals surface area contributed by atoms with Gasteiger partial charge in [0.1, 0.15) is 0 Å². The quantitative estimate of drug-likeness (QED) is 0.843. The third kappa shape index (κ3) is 3.02. The van der Waals surface area contributed by atoms with Gasteiger partial charge in [0, 0.05) is 25.8 Å². The van der Waals surface area contributed by atoms with E-state index in [1.807, 2.05) is 57.3 Å². The number of carbonyl (C=O) groups excluding carboxylic acids is 1. The molecule has 2 aromatic rings. The standard InChI is InChI=1S/C15H19N3O/c1-4-18(11-13-8-6-5-7-9-13)15(19)14-10-12(2)17(3)16-14/h5-10H,4,11H2,1-3H3. The largest absolute Gasteiger partial charge is 0.333 e. The third-order valence-electron chi connectivity index (χ3n) is 3.22. The Morgan fingerprint density at radius 2 is 2.00 bits per heavy atom. The van der Waals surface area contributed by atoms with Crippen LogP contribution in [0.15, 0.2) is 36.4 Å². The van der Waals surface area contributed by atoms with Crippen molar-refractivity contribution >= 4 is 5.91 Å². The van der Waals surface area contributed by atoms with E-state index in [2.05, 4.69) is 5.10 Å². The molecule has 0 aliphatic rings. The smallest absolute Gasteiger partial charge is 0.274 e. The summed E-state index contributed by atoms with van der Waals surface area (Å²) in [6.45, 7) is 5.21. The van der Waals surface area contributed by atoms with Crippen molar-refractivity contribution in [2.45, 2.75) is 20.4 Å². The first-order chi connectivity index (χ1) is 9.11. The Labute approximate surface area is 113 Å². The summed E-state index contributed by atoms with van der Waals surface area (Å²) in [5.74, 6) is -0.0185. The highest BCUT2D eigenvalue weighted by Crippen LogP contribution is 2.10. The molecule has 0 saturated carbocycles. The number of carbonyl (C=O) groups is 1. The van der Waals surface area contributed by atoms with Gasteiger partial charge in [-0.15, -0.1) is 0 Å². The number of amides is 1.